The standard InChI is InChI=1S/C19H22N6O/c1-14-21-18-9-7-16(13-25(18)23-14)22-19(26)15-6-8-17(20-12-15)24-10-4-2-3-5-11-24/h6-9,12-13H,2-5,10-11H2,1H3,(H,22,26). The van der Waals surface area contributed by atoms with Crippen LogP contribution >= 0.6 is 0 Å². The summed E-state index contributed by atoms with van der Waals surface area (Å²) in [6.07, 6.45) is 8.38. The summed E-state index contributed by atoms with van der Waals surface area (Å²) in [4.78, 5) is 23.6. The molecule has 1 amide bonds. The van der Waals surface area contributed by atoms with Crippen LogP contribution in [0.25, 0.3) is 5.65 Å². The predicted octanol–water partition coefficient (Wildman–Crippen LogP) is 3.07. The Bertz CT molecular complexity index is 909. The van der Waals surface area contributed by atoms with Crippen molar-refractivity contribution in [2.45, 2.75) is 32.6 Å². The molecule has 7 nitrogen and oxygen atoms in total. The van der Waals surface area contributed by atoms with Gasteiger partial charge in [-0.05, 0) is 44.0 Å². The first-order valence-electron chi connectivity index (χ1n) is 9.04. The monoisotopic (exact) mass is 350 g/mol. The Balaban J connectivity index is 1.46. The normalized spacial score (nSPS) is 15.0. The number of fused-ring (bicyclic) bond motifs is 1. The third-order valence-corrected chi connectivity index (χ3v) is 4.63. The molecule has 3 aromatic rings. The highest BCUT2D eigenvalue weighted by atomic mass is 16.1. The molecular weight excluding hydrogens is 328 g/mol. The molecule has 26 heavy (non-hydrogen) atoms. The summed E-state index contributed by atoms with van der Waals surface area (Å²) < 4.78 is 1.66. The number of aromatic nitrogens is 4. The molecule has 0 aliphatic carbocycles. The fourth-order valence-corrected chi connectivity index (χ4v) is 3.28. The molecule has 1 fully saturated rings. The van der Waals surface area contributed by atoms with Crippen LogP contribution in [-0.4, -0.2) is 38.6 Å². The van der Waals surface area contributed by atoms with Crippen molar-refractivity contribution in [1.29, 1.82) is 0 Å². The quantitative estimate of drug-likeness (QED) is 0.786. The lowest BCUT2D eigenvalue weighted by Crippen LogP contribution is -2.25. The first-order chi connectivity index (χ1) is 12.7. The van der Waals surface area contributed by atoms with Crippen molar-refractivity contribution < 1.29 is 4.79 Å². The number of rotatable bonds is 3. The highest BCUT2D eigenvalue weighted by molar-refractivity contribution is 6.04. The molecule has 7 heteroatoms. The van der Waals surface area contributed by atoms with Crippen molar-refractivity contribution in [2.24, 2.45) is 0 Å². The zero-order valence-electron chi connectivity index (χ0n) is 14.9. The maximum absolute atomic E-state index is 12.5. The van der Waals surface area contributed by atoms with Crippen molar-refractivity contribution in [3.63, 3.8) is 0 Å². The zero-order chi connectivity index (χ0) is 17.9. The number of hydrogen-bond acceptors (Lipinski definition) is 5. The Labute approximate surface area is 152 Å². The SMILES string of the molecule is Cc1nc2ccc(NC(=O)c3ccc(N4CCCCCC4)nc3)cn2n1. The summed E-state index contributed by atoms with van der Waals surface area (Å²) in [7, 11) is 0. The van der Waals surface area contributed by atoms with Gasteiger partial charge in [0.05, 0.1) is 17.4 Å². The second-order valence-electron chi connectivity index (χ2n) is 6.64. The molecule has 0 aromatic carbocycles. The van der Waals surface area contributed by atoms with Gasteiger partial charge < -0.3 is 10.2 Å². The van der Waals surface area contributed by atoms with Gasteiger partial charge in [-0.15, -0.1) is 0 Å². The number of anilines is 2. The highest BCUT2D eigenvalue weighted by Crippen LogP contribution is 2.18. The van der Waals surface area contributed by atoms with Gasteiger partial charge >= 0.3 is 0 Å². The summed E-state index contributed by atoms with van der Waals surface area (Å²) in [6, 6.07) is 7.42. The molecule has 0 unspecified atom stereocenters. The largest absolute Gasteiger partial charge is 0.357 e. The summed E-state index contributed by atoms with van der Waals surface area (Å²) in [6.45, 7) is 3.91. The van der Waals surface area contributed by atoms with Crippen molar-refractivity contribution in [2.75, 3.05) is 23.3 Å². The van der Waals surface area contributed by atoms with Crippen LogP contribution in [0.3, 0.4) is 0 Å². The highest BCUT2D eigenvalue weighted by Gasteiger charge is 2.13. The lowest BCUT2D eigenvalue weighted by atomic mass is 10.2. The molecular formula is C19H22N6O. The maximum atomic E-state index is 12.5. The van der Waals surface area contributed by atoms with E-state index in [4.69, 9.17) is 0 Å². The van der Waals surface area contributed by atoms with Gasteiger partial charge in [-0.3, -0.25) is 4.79 Å². The Morgan fingerprint density at radius 1 is 1.08 bits per heavy atom. The number of aryl methyl sites for hydroxylation is 1. The Morgan fingerprint density at radius 2 is 1.88 bits per heavy atom. The zero-order valence-corrected chi connectivity index (χ0v) is 14.9. The van der Waals surface area contributed by atoms with Gasteiger partial charge in [0.1, 0.15) is 11.6 Å². The van der Waals surface area contributed by atoms with Gasteiger partial charge in [0.15, 0.2) is 5.65 Å². The van der Waals surface area contributed by atoms with E-state index < -0.39 is 0 Å². The molecule has 0 saturated carbocycles. The Hall–Kier alpha value is -2.96. The van der Waals surface area contributed by atoms with Gasteiger partial charge in [0.25, 0.3) is 5.91 Å². The van der Waals surface area contributed by atoms with Gasteiger partial charge in [-0.25, -0.2) is 14.5 Å². The van der Waals surface area contributed by atoms with E-state index in [0.717, 1.165) is 24.6 Å². The van der Waals surface area contributed by atoms with E-state index in [1.165, 1.54) is 25.7 Å². The van der Waals surface area contributed by atoms with Crippen LogP contribution in [0.1, 0.15) is 41.9 Å². The van der Waals surface area contributed by atoms with E-state index in [9.17, 15) is 4.79 Å². The van der Waals surface area contributed by atoms with Gasteiger partial charge in [0, 0.05) is 19.3 Å². The number of carbonyl (C=O) groups is 1. The number of hydrogen-bond donors (Lipinski definition) is 1. The molecule has 4 rings (SSSR count). The molecule has 0 spiro atoms. The minimum absolute atomic E-state index is 0.184. The second-order valence-corrected chi connectivity index (χ2v) is 6.64. The third-order valence-electron chi connectivity index (χ3n) is 4.63. The number of amides is 1. The molecule has 134 valence electrons. The average Bonchev–Trinajstić information content (AvgIpc) is 2.84. The lowest BCUT2D eigenvalue weighted by molar-refractivity contribution is 0.102. The van der Waals surface area contributed by atoms with E-state index >= 15 is 0 Å². The van der Waals surface area contributed by atoms with E-state index in [0.29, 0.717) is 17.1 Å². The summed E-state index contributed by atoms with van der Waals surface area (Å²) in [5, 5.41) is 7.15. The first kappa shape index (κ1) is 16.5. The molecule has 0 atom stereocenters. The summed E-state index contributed by atoms with van der Waals surface area (Å²) in [5.41, 5.74) is 1.96. The second kappa shape index (κ2) is 7.11. The van der Waals surface area contributed by atoms with Crippen LogP contribution < -0.4 is 10.2 Å². The number of nitrogens with one attached hydrogen (secondary N) is 1. The number of nitrogens with zero attached hydrogens (tertiary/aromatic N) is 5. The lowest BCUT2D eigenvalue weighted by Gasteiger charge is -2.21. The molecule has 4 heterocycles. The number of carbonyl (C=O) groups excluding carboxylic acids is 1. The van der Waals surface area contributed by atoms with Crippen molar-refractivity contribution in [1.82, 2.24) is 19.6 Å². The average molecular weight is 350 g/mol. The van der Waals surface area contributed by atoms with Crippen molar-refractivity contribution in [3.8, 4) is 0 Å². The van der Waals surface area contributed by atoms with Crippen LogP contribution in [0, 0.1) is 6.92 Å². The van der Waals surface area contributed by atoms with Crippen LogP contribution in [0.5, 0.6) is 0 Å². The van der Waals surface area contributed by atoms with Crippen LogP contribution in [0.4, 0.5) is 11.5 Å². The minimum Gasteiger partial charge on any atom is -0.357 e. The molecule has 0 radical (unpaired) electrons. The van der Waals surface area contributed by atoms with E-state index in [2.05, 4.69) is 25.3 Å². The molecule has 0 bridgehead atoms. The summed E-state index contributed by atoms with van der Waals surface area (Å²) in [5.74, 6) is 1.46. The van der Waals surface area contributed by atoms with Crippen LogP contribution in [0.2, 0.25) is 0 Å². The summed E-state index contributed by atoms with van der Waals surface area (Å²) >= 11 is 0. The number of pyridine rings is 2. The molecule has 1 N–H and O–H groups in total. The van der Waals surface area contributed by atoms with E-state index in [-0.39, 0.29) is 5.91 Å². The molecule has 3 aromatic heterocycles. The van der Waals surface area contributed by atoms with Gasteiger partial charge in [0.2, 0.25) is 0 Å². The third kappa shape index (κ3) is 3.51. The predicted molar refractivity (Wildman–Crippen MR) is 101 cm³/mol. The minimum atomic E-state index is -0.184. The fraction of sp³-hybridized carbons (Fsp3) is 0.368. The smallest absolute Gasteiger partial charge is 0.257 e. The fourth-order valence-electron chi connectivity index (χ4n) is 3.28. The molecule has 1 saturated heterocycles. The molecule has 1 aliphatic heterocycles. The van der Waals surface area contributed by atoms with Gasteiger partial charge in [-0.1, -0.05) is 12.8 Å². The maximum Gasteiger partial charge on any atom is 0.257 e. The van der Waals surface area contributed by atoms with Crippen LogP contribution in [0.15, 0.2) is 36.7 Å². The molecule has 1 aliphatic rings. The van der Waals surface area contributed by atoms with Crippen molar-refractivity contribution in [3.05, 3.63) is 48.0 Å². The topological polar surface area (TPSA) is 75.4 Å². The van der Waals surface area contributed by atoms with Gasteiger partial charge in [-0.2, -0.15) is 5.10 Å². The Kier molecular flexibility index (Phi) is 4.51. The van der Waals surface area contributed by atoms with E-state index in [1.807, 2.05) is 31.2 Å². The Morgan fingerprint density at radius 3 is 2.62 bits per heavy atom. The van der Waals surface area contributed by atoms with E-state index in [1.54, 1.807) is 16.9 Å². The van der Waals surface area contributed by atoms with Crippen LogP contribution in [-0.2, 0) is 0 Å². The van der Waals surface area contributed by atoms with Crippen molar-refractivity contribution >= 4 is 23.1 Å². The first-order valence-corrected chi connectivity index (χ1v) is 9.04.